The van der Waals surface area contributed by atoms with Crippen LogP contribution >= 0.6 is 0 Å². The van der Waals surface area contributed by atoms with Crippen LogP contribution in [-0.4, -0.2) is 23.3 Å². The van der Waals surface area contributed by atoms with Crippen LogP contribution in [-0.2, 0) is 9.59 Å². The molecule has 0 unspecified atom stereocenters. The van der Waals surface area contributed by atoms with Gasteiger partial charge in [0.15, 0.2) is 0 Å². The molecule has 16 heavy (non-hydrogen) atoms. The second-order valence-electron chi connectivity index (χ2n) is 3.05. The zero-order chi connectivity index (χ0) is 12.0. The van der Waals surface area contributed by atoms with Gasteiger partial charge in [0.25, 0.3) is 0 Å². The fourth-order valence-corrected chi connectivity index (χ4v) is 1.01. The van der Waals surface area contributed by atoms with E-state index in [0.29, 0.717) is 17.6 Å². The first-order valence-electron chi connectivity index (χ1n) is 4.59. The lowest BCUT2D eigenvalue weighted by Gasteiger charge is -2.02. The average molecular weight is 222 g/mol. The predicted octanol–water partition coefficient (Wildman–Crippen LogP) is 1.27. The molecule has 0 heterocycles. The van der Waals surface area contributed by atoms with Gasteiger partial charge in [-0.15, -0.1) is 0 Å². The smallest absolute Gasteiger partial charge is 0.311 e. The van der Waals surface area contributed by atoms with Crippen LogP contribution in [0, 0.1) is 0 Å². The second kappa shape index (κ2) is 5.65. The van der Waals surface area contributed by atoms with Gasteiger partial charge in [0.1, 0.15) is 12.0 Å². The van der Waals surface area contributed by atoms with Crippen molar-refractivity contribution in [3.8, 4) is 5.75 Å². The van der Waals surface area contributed by atoms with E-state index >= 15 is 0 Å². The van der Waals surface area contributed by atoms with Gasteiger partial charge in [-0.2, -0.15) is 0 Å². The van der Waals surface area contributed by atoms with Crippen LogP contribution in [0.2, 0.25) is 0 Å². The van der Waals surface area contributed by atoms with Crippen LogP contribution in [0.15, 0.2) is 24.3 Å². The Morgan fingerprint density at radius 2 is 1.81 bits per heavy atom. The highest BCUT2D eigenvalue weighted by Crippen LogP contribution is 2.12. The Hall–Kier alpha value is -2.17. The van der Waals surface area contributed by atoms with Crippen molar-refractivity contribution in [1.82, 2.24) is 0 Å². The van der Waals surface area contributed by atoms with Crippen molar-refractivity contribution in [2.45, 2.75) is 12.8 Å². The molecule has 1 aromatic carbocycles. The molecule has 0 spiro atoms. The molecule has 0 aliphatic carbocycles. The van der Waals surface area contributed by atoms with Crippen LogP contribution in [0.5, 0.6) is 5.75 Å². The summed E-state index contributed by atoms with van der Waals surface area (Å²) in [5.41, 5.74) is 0.477. The van der Waals surface area contributed by atoms with Gasteiger partial charge < -0.3 is 9.84 Å². The third-order valence-corrected chi connectivity index (χ3v) is 1.79. The maximum Gasteiger partial charge on any atom is 0.311 e. The minimum absolute atomic E-state index is 0.176. The quantitative estimate of drug-likeness (QED) is 0.461. The number of aldehydes is 1. The summed E-state index contributed by atoms with van der Waals surface area (Å²) in [4.78, 5) is 31.7. The van der Waals surface area contributed by atoms with E-state index in [-0.39, 0.29) is 12.8 Å². The van der Waals surface area contributed by atoms with Gasteiger partial charge in [0, 0.05) is 5.56 Å². The van der Waals surface area contributed by atoms with Gasteiger partial charge in [-0.25, -0.2) is 0 Å². The van der Waals surface area contributed by atoms with E-state index in [4.69, 9.17) is 9.84 Å². The normalized spacial score (nSPS) is 9.50. The number of aliphatic carboxylic acids is 1. The van der Waals surface area contributed by atoms with Crippen molar-refractivity contribution < 1.29 is 24.2 Å². The number of ether oxygens (including phenoxy) is 1. The molecule has 0 aliphatic heterocycles. The number of carboxylic acid groups (broad SMARTS) is 1. The number of hydrogen-bond donors (Lipinski definition) is 1. The maximum atomic E-state index is 11.1. The summed E-state index contributed by atoms with van der Waals surface area (Å²) in [7, 11) is 0. The van der Waals surface area contributed by atoms with Gasteiger partial charge in [-0.3, -0.25) is 14.4 Å². The number of carboxylic acids is 1. The molecule has 0 saturated carbocycles. The average Bonchev–Trinajstić information content (AvgIpc) is 2.27. The van der Waals surface area contributed by atoms with Crippen molar-refractivity contribution in [3.05, 3.63) is 29.8 Å². The van der Waals surface area contributed by atoms with E-state index in [0.717, 1.165) is 0 Å². The first-order valence-corrected chi connectivity index (χ1v) is 4.59. The molecule has 0 aromatic heterocycles. The topological polar surface area (TPSA) is 80.7 Å². The number of benzene rings is 1. The molecule has 0 fully saturated rings. The monoisotopic (exact) mass is 222 g/mol. The summed E-state index contributed by atoms with van der Waals surface area (Å²) in [5.74, 6) is -1.37. The molecular weight excluding hydrogens is 212 g/mol. The lowest BCUT2D eigenvalue weighted by atomic mass is 10.2. The molecule has 1 N–H and O–H groups in total. The van der Waals surface area contributed by atoms with E-state index in [1.165, 1.54) is 24.3 Å². The van der Waals surface area contributed by atoms with Crippen molar-refractivity contribution in [1.29, 1.82) is 0 Å². The third-order valence-electron chi connectivity index (χ3n) is 1.79. The Balaban J connectivity index is 2.49. The molecule has 0 radical (unpaired) electrons. The van der Waals surface area contributed by atoms with Gasteiger partial charge in [0.2, 0.25) is 0 Å². The first-order chi connectivity index (χ1) is 7.61. The standard InChI is InChI=1S/C11H10O5/c12-7-8-1-3-9(4-2-8)16-11(15)6-5-10(13)14/h1-4,7H,5-6H2,(H,13,14). The molecule has 0 aliphatic rings. The Labute approximate surface area is 91.6 Å². The zero-order valence-electron chi connectivity index (χ0n) is 8.38. The molecule has 1 aromatic rings. The van der Waals surface area contributed by atoms with Gasteiger partial charge in [0.05, 0.1) is 12.8 Å². The minimum atomic E-state index is -1.05. The second-order valence-corrected chi connectivity index (χ2v) is 3.05. The highest BCUT2D eigenvalue weighted by molar-refractivity contribution is 5.78. The number of carbonyl (C=O) groups is 3. The molecule has 1 rings (SSSR count). The van der Waals surface area contributed by atoms with E-state index < -0.39 is 11.9 Å². The summed E-state index contributed by atoms with van der Waals surface area (Å²) < 4.78 is 4.85. The van der Waals surface area contributed by atoms with Crippen LogP contribution in [0.4, 0.5) is 0 Å². The first kappa shape index (κ1) is 11.9. The fraction of sp³-hybridized carbons (Fsp3) is 0.182. The Bertz CT molecular complexity index is 393. The number of esters is 1. The van der Waals surface area contributed by atoms with Gasteiger partial charge in [-0.1, -0.05) is 0 Å². The van der Waals surface area contributed by atoms with Gasteiger partial charge >= 0.3 is 11.9 Å². The van der Waals surface area contributed by atoms with Crippen molar-refractivity contribution in [3.63, 3.8) is 0 Å². The van der Waals surface area contributed by atoms with E-state index in [1.807, 2.05) is 0 Å². The van der Waals surface area contributed by atoms with Crippen LogP contribution in [0.1, 0.15) is 23.2 Å². The highest BCUT2D eigenvalue weighted by atomic mass is 16.5. The summed E-state index contributed by atoms with van der Waals surface area (Å²) >= 11 is 0. The molecule has 0 atom stereocenters. The van der Waals surface area contributed by atoms with Crippen LogP contribution in [0.25, 0.3) is 0 Å². The third kappa shape index (κ3) is 3.91. The Morgan fingerprint density at radius 1 is 1.19 bits per heavy atom. The highest BCUT2D eigenvalue weighted by Gasteiger charge is 2.07. The molecule has 0 saturated heterocycles. The Morgan fingerprint density at radius 3 is 2.31 bits per heavy atom. The van der Waals surface area contributed by atoms with Crippen molar-refractivity contribution in [2.75, 3.05) is 0 Å². The number of carbonyl (C=O) groups excluding carboxylic acids is 2. The molecule has 5 heteroatoms. The molecule has 84 valence electrons. The van der Waals surface area contributed by atoms with E-state index in [9.17, 15) is 14.4 Å². The maximum absolute atomic E-state index is 11.1. The summed E-state index contributed by atoms with van der Waals surface area (Å²) in [6.07, 6.45) is 0.242. The van der Waals surface area contributed by atoms with E-state index in [1.54, 1.807) is 0 Å². The van der Waals surface area contributed by atoms with Crippen molar-refractivity contribution >= 4 is 18.2 Å². The fourth-order valence-electron chi connectivity index (χ4n) is 1.01. The minimum Gasteiger partial charge on any atom is -0.481 e. The van der Waals surface area contributed by atoms with Crippen molar-refractivity contribution in [2.24, 2.45) is 0 Å². The Kier molecular flexibility index (Phi) is 4.20. The molecule has 0 bridgehead atoms. The summed E-state index contributed by atoms with van der Waals surface area (Å²) in [6, 6.07) is 5.96. The summed E-state index contributed by atoms with van der Waals surface area (Å²) in [5, 5.41) is 8.35. The number of hydrogen-bond acceptors (Lipinski definition) is 4. The zero-order valence-corrected chi connectivity index (χ0v) is 8.38. The van der Waals surface area contributed by atoms with Crippen LogP contribution in [0.3, 0.4) is 0 Å². The van der Waals surface area contributed by atoms with Gasteiger partial charge in [-0.05, 0) is 24.3 Å². The lowest BCUT2D eigenvalue weighted by molar-refractivity contribution is -0.142. The predicted molar refractivity (Wildman–Crippen MR) is 54.3 cm³/mol. The molecule has 5 nitrogen and oxygen atoms in total. The van der Waals surface area contributed by atoms with E-state index in [2.05, 4.69) is 0 Å². The largest absolute Gasteiger partial charge is 0.481 e. The van der Waals surface area contributed by atoms with Crippen LogP contribution < -0.4 is 4.74 Å². The number of rotatable bonds is 5. The molecular formula is C11H10O5. The summed E-state index contributed by atoms with van der Waals surface area (Å²) in [6.45, 7) is 0. The molecule has 0 amide bonds. The lowest BCUT2D eigenvalue weighted by Crippen LogP contribution is -2.10. The SMILES string of the molecule is O=Cc1ccc(OC(=O)CCC(=O)O)cc1.